The first-order valence-electron chi connectivity index (χ1n) is 6.30. The molecule has 0 fully saturated rings. The first-order chi connectivity index (χ1) is 10.1. The Balaban J connectivity index is 2.12. The molecule has 0 aromatic heterocycles. The quantitative estimate of drug-likeness (QED) is 0.476. The van der Waals surface area contributed by atoms with E-state index in [0.717, 1.165) is 0 Å². The van der Waals surface area contributed by atoms with Gasteiger partial charge in [-0.3, -0.25) is 9.59 Å². The number of ether oxygens (including phenoxy) is 2. The Hall–Kier alpha value is -3.02. The van der Waals surface area contributed by atoms with Crippen LogP contribution in [0.5, 0.6) is 11.5 Å². The second kappa shape index (κ2) is 3.76. The fourth-order valence-corrected chi connectivity index (χ4v) is 2.80. The van der Waals surface area contributed by atoms with Gasteiger partial charge in [0, 0.05) is 11.1 Å². The molecule has 0 radical (unpaired) electrons. The number of nitrogens with two attached hydrogens (primary N) is 2. The lowest BCUT2D eigenvalue weighted by Crippen LogP contribution is -2.24. The van der Waals surface area contributed by atoms with Crippen molar-refractivity contribution in [3.8, 4) is 11.5 Å². The molecule has 4 N–H and O–H groups in total. The highest BCUT2D eigenvalue weighted by Crippen LogP contribution is 2.49. The molecule has 0 atom stereocenters. The number of carbonyl (C=O) groups excluding carboxylic acids is 2. The summed E-state index contributed by atoms with van der Waals surface area (Å²) in [5.74, 6) is -0.205. The fraction of sp³-hybridized carbons (Fsp3) is 0.0667. The van der Waals surface area contributed by atoms with Crippen LogP contribution in [-0.4, -0.2) is 18.4 Å². The summed E-state index contributed by atoms with van der Waals surface area (Å²) in [6.45, 7) is -0.0397. The zero-order chi connectivity index (χ0) is 14.7. The summed E-state index contributed by atoms with van der Waals surface area (Å²) in [5.41, 5.74) is 13.0. The van der Waals surface area contributed by atoms with E-state index in [2.05, 4.69) is 0 Å². The first kappa shape index (κ1) is 11.8. The SMILES string of the molecule is Nc1c2c(c(N)c3c1C(=O)c1ccccc1C3=O)OCO2. The van der Waals surface area contributed by atoms with E-state index in [4.69, 9.17) is 20.9 Å². The van der Waals surface area contributed by atoms with Gasteiger partial charge in [0.05, 0.1) is 22.5 Å². The minimum absolute atomic E-state index is 0.0397. The summed E-state index contributed by atoms with van der Waals surface area (Å²) in [7, 11) is 0. The molecule has 6 nitrogen and oxygen atoms in total. The zero-order valence-corrected chi connectivity index (χ0v) is 10.8. The average Bonchev–Trinajstić information content (AvgIpc) is 2.98. The Kier molecular flexibility index (Phi) is 2.11. The maximum atomic E-state index is 12.6. The molecule has 0 saturated heterocycles. The van der Waals surface area contributed by atoms with Crippen LogP contribution in [0.1, 0.15) is 31.8 Å². The number of fused-ring (bicyclic) bond motifs is 3. The Bertz CT molecular complexity index is 774. The van der Waals surface area contributed by atoms with Gasteiger partial charge in [-0.05, 0) is 0 Å². The summed E-state index contributed by atoms with van der Waals surface area (Å²) in [5, 5.41) is 0. The molecule has 1 aliphatic carbocycles. The van der Waals surface area contributed by atoms with Crippen molar-refractivity contribution >= 4 is 22.9 Å². The number of rotatable bonds is 0. The normalized spacial score (nSPS) is 14.9. The lowest BCUT2D eigenvalue weighted by Gasteiger charge is -2.21. The highest BCUT2D eigenvalue weighted by atomic mass is 16.7. The lowest BCUT2D eigenvalue weighted by atomic mass is 9.82. The number of nitrogen functional groups attached to an aromatic ring is 2. The molecule has 1 heterocycles. The highest BCUT2D eigenvalue weighted by Gasteiger charge is 2.38. The first-order valence-corrected chi connectivity index (χ1v) is 6.30. The predicted molar refractivity (Wildman–Crippen MR) is 74.7 cm³/mol. The number of anilines is 2. The van der Waals surface area contributed by atoms with E-state index >= 15 is 0 Å². The van der Waals surface area contributed by atoms with Crippen molar-refractivity contribution in [2.75, 3.05) is 18.3 Å². The number of carbonyl (C=O) groups is 2. The van der Waals surface area contributed by atoms with Crippen molar-refractivity contribution in [1.29, 1.82) is 0 Å². The Morgan fingerprint density at radius 3 is 1.67 bits per heavy atom. The molecule has 0 amide bonds. The van der Waals surface area contributed by atoms with Gasteiger partial charge in [-0.2, -0.15) is 0 Å². The standard InChI is InChI=1S/C15H10N2O4/c16-10-8-9(11(17)15-14(10)20-5-21-15)13(19)7-4-2-1-3-6(7)12(8)18/h1-4H,5,16-17H2. The van der Waals surface area contributed by atoms with Crippen molar-refractivity contribution in [3.05, 3.63) is 46.5 Å². The Morgan fingerprint density at radius 2 is 1.24 bits per heavy atom. The highest BCUT2D eigenvalue weighted by molar-refractivity contribution is 6.32. The summed E-state index contributed by atoms with van der Waals surface area (Å²) in [4.78, 5) is 25.3. The van der Waals surface area contributed by atoms with E-state index in [1.165, 1.54) is 0 Å². The number of hydrogen-bond acceptors (Lipinski definition) is 6. The molecule has 1 aliphatic heterocycles. The second-order valence-corrected chi connectivity index (χ2v) is 4.85. The third-order valence-electron chi connectivity index (χ3n) is 3.76. The van der Waals surface area contributed by atoms with Crippen LogP contribution < -0.4 is 20.9 Å². The molecular weight excluding hydrogens is 272 g/mol. The predicted octanol–water partition coefficient (Wildman–Crippen LogP) is 1.36. The topological polar surface area (TPSA) is 105 Å². The third kappa shape index (κ3) is 1.31. The van der Waals surface area contributed by atoms with Gasteiger partial charge < -0.3 is 20.9 Å². The maximum absolute atomic E-state index is 12.6. The molecular formula is C15H10N2O4. The third-order valence-corrected chi connectivity index (χ3v) is 3.76. The Labute approximate surface area is 119 Å². The molecule has 21 heavy (non-hydrogen) atoms. The van der Waals surface area contributed by atoms with Gasteiger partial charge in [0.25, 0.3) is 0 Å². The summed E-state index contributed by atoms with van der Waals surface area (Å²) < 4.78 is 10.5. The lowest BCUT2D eigenvalue weighted by molar-refractivity contribution is 0.0980. The summed E-state index contributed by atoms with van der Waals surface area (Å²) >= 11 is 0. The molecule has 2 aromatic carbocycles. The van der Waals surface area contributed by atoms with E-state index < -0.39 is 0 Å². The van der Waals surface area contributed by atoms with Crippen LogP contribution in [0, 0.1) is 0 Å². The largest absolute Gasteiger partial charge is 0.451 e. The van der Waals surface area contributed by atoms with Gasteiger partial charge in [0.2, 0.25) is 6.79 Å². The van der Waals surface area contributed by atoms with Crippen molar-refractivity contribution in [2.45, 2.75) is 0 Å². The van der Waals surface area contributed by atoms with Crippen LogP contribution in [0.3, 0.4) is 0 Å². The van der Waals surface area contributed by atoms with Crippen LogP contribution in [0.2, 0.25) is 0 Å². The molecule has 0 saturated carbocycles. The monoisotopic (exact) mass is 282 g/mol. The van der Waals surface area contributed by atoms with E-state index in [0.29, 0.717) is 11.1 Å². The van der Waals surface area contributed by atoms with Crippen LogP contribution in [0.25, 0.3) is 0 Å². The molecule has 0 bridgehead atoms. The van der Waals surface area contributed by atoms with Crippen LogP contribution in [-0.2, 0) is 0 Å². The van der Waals surface area contributed by atoms with E-state index in [9.17, 15) is 9.59 Å². The van der Waals surface area contributed by atoms with E-state index in [1.54, 1.807) is 24.3 Å². The van der Waals surface area contributed by atoms with Gasteiger partial charge in [0.1, 0.15) is 0 Å². The van der Waals surface area contributed by atoms with Crippen molar-refractivity contribution in [1.82, 2.24) is 0 Å². The minimum Gasteiger partial charge on any atom is -0.451 e. The summed E-state index contributed by atoms with van der Waals surface area (Å²) in [6.07, 6.45) is 0. The molecule has 2 aromatic rings. The van der Waals surface area contributed by atoms with Gasteiger partial charge in [-0.25, -0.2) is 0 Å². The molecule has 4 rings (SSSR count). The van der Waals surface area contributed by atoms with Crippen molar-refractivity contribution < 1.29 is 19.1 Å². The zero-order valence-electron chi connectivity index (χ0n) is 10.8. The van der Waals surface area contributed by atoms with Crippen LogP contribution in [0.4, 0.5) is 11.4 Å². The van der Waals surface area contributed by atoms with Gasteiger partial charge in [-0.1, -0.05) is 24.3 Å². The smallest absolute Gasteiger partial charge is 0.231 e. The maximum Gasteiger partial charge on any atom is 0.231 e. The number of hydrogen-bond donors (Lipinski definition) is 2. The van der Waals surface area contributed by atoms with Crippen molar-refractivity contribution in [2.24, 2.45) is 0 Å². The molecule has 0 spiro atoms. The van der Waals surface area contributed by atoms with Crippen LogP contribution in [0.15, 0.2) is 24.3 Å². The van der Waals surface area contributed by atoms with Gasteiger partial charge >= 0.3 is 0 Å². The fourth-order valence-electron chi connectivity index (χ4n) is 2.80. The molecule has 2 aliphatic rings. The van der Waals surface area contributed by atoms with E-state index in [1.807, 2.05) is 0 Å². The Morgan fingerprint density at radius 1 is 0.810 bits per heavy atom. The molecule has 6 heteroatoms. The number of benzene rings is 2. The van der Waals surface area contributed by atoms with Gasteiger partial charge in [-0.15, -0.1) is 0 Å². The average molecular weight is 282 g/mol. The summed E-state index contributed by atoms with van der Waals surface area (Å²) in [6, 6.07) is 6.58. The van der Waals surface area contributed by atoms with Crippen molar-refractivity contribution in [3.63, 3.8) is 0 Å². The van der Waals surface area contributed by atoms with E-state index in [-0.39, 0.29) is 52.4 Å². The minimum atomic E-state index is -0.331. The second-order valence-electron chi connectivity index (χ2n) is 4.85. The van der Waals surface area contributed by atoms with Crippen LogP contribution >= 0.6 is 0 Å². The molecule has 104 valence electrons. The molecule has 0 unspecified atom stereocenters. The van der Waals surface area contributed by atoms with Gasteiger partial charge in [0.15, 0.2) is 23.1 Å². The number of ketones is 2.